The molecule has 0 atom stereocenters. The van der Waals surface area contributed by atoms with Gasteiger partial charge in [-0.15, -0.1) is 11.3 Å². The van der Waals surface area contributed by atoms with Gasteiger partial charge in [0.2, 0.25) is 5.28 Å². The van der Waals surface area contributed by atoms with E-state index in [0.29, 0.717) is 24.1 Å². The smallest absolute Gasteiger partial charge is 0.223 e. The second-order valence-corrected chi connectivity index (χ2v) is 5.40. The van der Waals surface area contributed by atoms with Crippen molar-refractivity contribution in [3.8, 4) is 0 Å². The molecule has 0 fully saturated rings. The topological polar surface area (TPSA) is 68.6 Å². The van der Waals surface area contributed by atoms with Crippen molar-refractivity contribution in [1.82, 2.24) is 19.9 Å². The minimum Gasteiger partial charge on any atom is -0.292 e. The lowest BCUT2D eigenvalue weighted by molar-refractivity contribution is 0.0980. The number of ketones is 1. The molecule has 20 heavy (non-hydrogen) atoms. The van der Waals surface area contributed by atoms with Crippen LogP contribution in [0, 0.1) is 0 Å². The van der Waals surface area contributed by atoms with Crippen molar-refractivity contribution >= 4 is 38.9 Å². The summed E-state index contributed by atoms with van der Waals surface area (Å²) in [5, 5.41) is 1.97. The van der Waals surface area contributed by atoms with E-state index in [9.17, 15) is 4.79 Å². The molecule has 3 aromatic heterocycles. The van der Waals surface area contributed by atoms with Crippen LogP contribution in [-0.4, -0.2) is 25.7 Å². The Labute approximate surface area is 123 Å². The van der Waals surface area contributed by atoms with Crippen LogP contribution in [0.1, 0.15) is 22.5 Å². The van der Waals surface area contributed by atoms with Gasteiger partial charge in [-0.1, -0.05) is 0 Å². The van der Waals surface area contributed by atoms with Gasteiger partial charge in [0.1, 0.15) is 12.0 Å². The van der Waals surface area contributed by atoms with Crippen molar-refractivity contribution in [2.45, 2.75) is 12.8 Å². The minimum absolute atomic E-state index is 0.0504. The molecule has 0 spiro atoms. The van der Waals surface area contributed by atoms with Crippen LogP contribution in [0.2, 0.25) is 5.28 Å². The first-order chi connectivity index (χ1) is 9.74. The molecule has 0 bridgehead atoms. The van der Waals surface area contributed by atoms with Gasteiger partial charge in [0.05, 0.1) is 10.2 Å². The Kier molecular flexibility index (Phi) is 3.66. The average molecular weight is 305 g/mol. The molecule has 0 aromatic carbocycles. The Morgan fingerprint density at radius 3 is 2.85 bits per heavy atom. The summed E-state index contributed by atoms with van der Waals surface area (Å²) in [5.74, 6) is -0.0504. The molecule has 3 heterocycles. The number of fused-ring (bicyclic) bond motifs is 1. The molecule has 3 aromatic rings. The number of halogens is 1. The molecule has 0 amide bonds. The molecule has 0 N–H and O–H groups in total. The molecule has 0 aliphatic carbocycles. The number of carbonyl (C=O) groups excluding carboxylic acids is 1. The monoisotopic (exact) mass is 304 g/mol. The van der Waals surface area contributed by atoms with Gasteiger partial charge in [-0.2, -0.15) is 0 Å². The zero-order valence-corrected chi connectivity index (χ0v) is 11.9. The highest BCUT2D eigenvalue weighted by atomic mass is 35.5. The maximum Gasteiger partial charge on any atom is 0.223 e. The SMILES string of the molecule is O=C(CCc1cncnc1)c1nc(Cl)nc2ccsc12. The van der Waals surface area contributed by atoms with Crippen molar-refractivity contribution in [1.29, 1.82) is 0 Å². The van der Waals surface area contributed by atoms with Gasteiger partial charge >= 0.3 is 0 Å². The number of hydrogen-bond donors (Lipinski definition) is 0. The summed E-state index contributed by atoms with van der Waals surface area (Å²) in [6.45, 7) is 0. The van der Waals surface area contributed by atoms with Crippen LogP contribution in [0.4, 0.5) is 0 Å². The first-order valence-electron chi connectivity index (χ1n) is 5.92. The zero-order valence-electron chi connectivity index (χ0n) is 10.3. The maximum atomic E-state index is 12.3. The molecule has 100 valence electrons. The zero-order chi connectivity index (χ0) is 13.9. The fraction of sp³-hybridized carbons (Fsp3) is 0.154. The Bertz CT molecular complexity index is 759. The predicted octanol–water partition coefficient (Wildman–Crippen LogP) is 2.95. The summed E-state index contributed by atoms with van der Waals surface area (Å²) in [5.41, 5.74) is 2.02. The lowest BCUT2D eigenvalue weighted by Crippen LogP contribution is -2.05. The summed E-state index contributed by atoms with van der Waals surface area (Å²) in [6.07, 6.45) is 5.79. The average Bonchev–Trinajstić information content (AvgIpc) is 2.93. The highest BCUT2D eigenvalue weighted by Crippen LogP contribution is 2.24. The fourth-order valence-corrected chi connectivity index (χ4v) is 2.87. The summed E-state index contributed by atoms with van der Waals surface area (Å²) < 4.78 is 0.781. The first-order valence-corrected chi connectivity index (χ1v) is 7.17. The van der Waals surface area contributed by atoms with Gasteiger partial charge in [-0.05, 0) is 35.0 Å². The van der Waals surface area contributed by atoms with Crippen molar-refractivity contribution in [3.05, 3.63) is 46.7 Å². The largest absolute Gasteiger partial charge is 0.292 e. The predicted molar refractivity (Wildman–Crippen MR) is 77.1 cm³/mol. The molecule has 0 saturated heterocycles. The molecular weight excluding hydrogens is 296 g/mol. The molecule has 0 saturated carbocycles. The van der Waals surface area contributed by atoms with Gasteiger partial charge in [-0.25, -0.2) is 19.9 Å². The van der Waals surface area contributed by atoms with Crippen molar-refractivity contribution in [2.75, 3.05) is 0 Å². The second-order valence-electron chi connectivity index (χ2n) is 4.15. The normalized spacial score (nSPS) is 10.8. The number of Topliss-reactive ketones (excluding diaryl/α,β-unsaturated/α-hetero) is 1. The first kappa shape index (κ1) is 13.1. The van der Waals surface area contributed by atoms with Crippen LogP contribution in [0.15, 0.2) is 30.2 Å². The van der Waals surface area contributed by atoms with E-state index in [2.05, 4.69) is 19.9 Å². The molecule has 3 rings (SSSR count). The van der Waals surface area contributed by atoms with Gasteiger partial charge in [0, 0.05) is 18.8 Å². The van der Waals surface area contributed by atoms with E-state index in [0.717, 1.165) is 10.3 Å². The Hall–Kier alpha value is -1.92. The highest BCUT2D eigenvalue weighted by molar-refractivity contribution is 7.17. The number of rotatable bonds is 4. The summed E-state index contributed by atoms with van der Waals surface area (Å²) >= 11 is 7.30. The van der Waals surface area contributed by atoms with E-state index >= 15 is 0 Å². The Balaban J connectivity index is 1.84. The molecule has 0 radical (unpaired) electrons. The molecule has 7 heteroatoms. The van der Waals surface area contributed by atoms with Crippen LogP contribution in [-0.2, 0) is 6.42 Å². The molecular formula is C13H9ClN4OS. The van der Waals surface area contributed by atoms with E-state index in [1.807, 2.05) is 11.4 Å². The van der Waals surface area contributed by atoms with Crippen LogP contribution >= 0.6 is 22.9 Å². The standard InChI is InChI=1S/C13H9ClN4OS/c14-13-17-9-3-4-20-12(9)11(18-13)10(19)2-1-8-5-15-7-16-6-8/h3-7H,1-2H2. The Morgan fingerprint density at radius 2 is 2.05 bits per heavy atom. The van der Waals surface area contributed by atoms with E-state index in [1.54, 1.807) is 12.4 Å². The van der Waals surface area contributed by atoms with Crippen LogP contribution < -0.4 is 0 Å². The number of thiophene rings is 1. The van der Waals surface area contributed by atoms with Gasteiger partial charge in [0.15, 0.2) is 5.78 Å². The molecule has 0 aliphatic rings. The fourth-order valence-electron chi connectivity index (χ4n) is 1.86. The minimum atomic E-state index is -0.0504. The van der Waals surface area contributed by atoms with Crippen LogP contribution in [0.25, 0.3) is 10.2 Å². The van der Waals surface area contributed by atoms with Crippen molar-refractivity contribution < 1.29 is 4.79 Å². The van der Waals surface area contributed by atoms with E-state index in [4.69, 9.17) is 11.6 Å². The lowest BCUT2D eigenvalue weighted by atomic mass is 10.1. The molecule has 5 nitrogen and oxygen atoms in total. The highest BCUT2D eigenvalue weighted by Gasteiger charge is 2.15. The molecule has 0 aliphatic heterocycles. The van der Waals surface area contributed by atoms with E-state index < -0.39 is 0 Å². The maximum absolute atomic E-state index is 12.3. The van der Waals surface area contributed by atoms with Gasteiger partial charge in [0.25, 0.3) is 0 Å². The quantitative estimate of drug-likeness (QED) is 0.547. The number of aryl methyl sites for hydroxylation is 1. The summed E-state index contributed by atoms with van der Waals surface area (Å²) in [4.78, 5) is 28.3. The van der Waals surface area contributed by atoms with Crippen LogP contribution in [0.3, 0.4) is 0 Å². The third-order valence-corrected chi connectivity index (χ3v) is 3.87. The molecule has 0 unspecified atom stereocenters. The number of carbonyl (C=O) groups is 1. The number of nitrogens with zero attached hydrogens (tertiary/aromatic N) is 4. The number of hydrogen-bond acceptors (Lipinski definition) is 6. The van der Waals surface area contributed by atoms with Gasteiger partial charge < -0.3 is 0 Å². The second kappa shape index (κ2) is 5.60. The Morgan fingerprint density at radius 1 is 1.25 bits per heavy atom. The third kappa shape index (κ3) is 2.66. The lowest BCUT2D eigenvalue weighted by Gasteiger charge is -2.02. The van der Waals surface area contributed by atoms with Gasteiger partial charge in [-0.3, -0.25) is 4.79 Å². The van der Waals surface area contributed by atoms with Crippen LogP contribution in [0.5, 0.6) is 0 Å². The summed E-state index contributed by atoms with van der Waals surface area (Å²) in [7, 11) is 0. The van der Waals surface area contributed by atoms with E-state index in [1.165, 1.54) is 17.7 Å². The van der Waals surface area contributed by atoms with Crippen molar-refractivity contribution in [3.63, 3.8) is 0 Å². The van der Waals surface area contributed by atoms with E-state index in [-0.39, 0.29) is 11.1 Å². The summed E-state index contributed by atoms with van der Waals surface area (Å²) in [6, 6.07) is 1.83. The van der Waals surface area contributed by atoms with Crippen molar-refractivity contribution in [2.24, 2.45) is 0 Å². The number of aromatic nitrogens is 4. The third-order valence-electron chi connectivity index (χ3n) is 2.80.